The molecule has 0 aromatic heterocycles. The number of ether oxygens (including phenoxy) is 2. The average molecular weight is 392 g/mol. The van der Waals surface area contributed by atoms with Crippen LogP contribution in [0, 0.1) is 5.82 Å². The quantitative estimate of drug-likeness (QED) is 0.724. The predicted octanol–water partition coefficient (Wildman–Crippen LogP) is 4.44. The minimum atomic E-state index is -0.418. The van der Waals surface area contributed by atoms with Gasteiger partial charge in [-0.3, -0.25) is 14.5 Å². The molecule has 0 saturated carbocycles. The molecule has 2 aliphatic rings. The fourth-order valence-electron chi connectivity index (χ4n) is 2.60. The second kappa shape index (κ2) is 6.66. The van der Waals surface area contributed by atoms with Crippen molar-refractivity contribution in [1.29, 1.82) is 0 Å². The zero-order chi connectivity index (χ0) is 18.3. The van der Waals surface area contributed by atoms with Gasteiger partial charge in [-0.2, -0.15) is 0 Å². The highest BCUT2D eigenvalue weighted by molar-refractivity contribution is 8.18. The summed E-state index contributed by atoms with van der Waals surface area (Å²) in [5.41, 5.74) is 1.22. The van der Waals surface area contributed by atoms with Gasteiger partial charge < -0.3 is 9.47 Å². The Morgan fingerprint density at radius 1 is 1.15 bits per heavy atom. The molecule has 0 unspecified atom stereocenters. The molecule has 1 fully saturated rings. The second-order valence-electron chi connectivity index (χ2n) is 5.62. The summed E-state index contributed by atoms with van der Waals surface area (Å²) in [6.07, 6.45) is 1.56. The van der Waals surface area contributed by atoms with E-state index in [1.807, 2.05) is 0 Å². The molecule has 0 bridgehead atoms. The lowest BCUT2D eigenvalue weighted by molar-refractivity contribution is -0.123. The Bertz CT molecular complexity index is 945. The molecule has 132 valence electrons. The number of amides is 2. The summed E-state index contributed by atoms with van der Waals surface area (Å²) in [6, 6.07) is 8.94. The summed E-state index contributed by atoms with van der Waals surface area (Å²) in [5, 5.41) is -0.00657. The van der Waals surface area contributed by atoms with E-state index in [1.54, 1.807) is 18.2 Å². The maximum Gasteiger partial charge on any atom is 0.293 e. The van der Waals surface area contributed by atoms with Gasteiger partial charge in [0.1, 0.15) is 5.82 Å². The Morgan fingerprint density at radius 2 is 1.85 bits per heavy atom. The Kier molecular flexibility index (Phi) is 4.34. The van der Waals surface area contributed by atoms with Crippen LogP contribution in [0.5, 0.6) is 11.5 Å². The van der Waals surface area contributed by atoms with Gasteiger partial charge >= 0.3 is 0 Å². The molecular formula is C18H11ClFNO4S. The number of imide groups is 1. The van der Waals surface area contributed by atoms with Crippen LogP contribution in [-0.2, 0) is 11.3 Å². The van der Waals surface area contributed by atoms with Gasteiger partial charge in [0.15, 0.2) is 11.5 Å². The van der Waals surface area contributed by atoms with Crippen molar-refractivity contribution < 1.29 is 23.5 Å². The fourth-order valence-corrected chi connectivity index (χ4v) is 3.65. The first-order valence-corrected chi connectivity index (χ1v) is 8.79. The highest BCUT2D eigenvalue weighted by Gasteiger charge is 2.35. The van der Waals surface area contributed by atoms with Crippen molar-refractivity contribution >= 4 is 40.6 Å². The predicted molar refractivity (Wildman–Crippen MR) is 95.5 cm³/mol. The largest absolute Gasteiger partial charge is 0.454 e. The lowest BCUT2D eigenvalue weighted by atomic mass is 10.1. The molecule has 5 nitrogen and oxygen atoms in total. The van der Waals surface area contributed by atoms with Crippen molar-refractivity contribution in [3.63, 3.8) is 0 Å². The number of rotatable bonds is 3. The van der Waals surface area contributed by atoms with E-state index in [1.165, 1.54) is 24.3 Å². The van der Waals surface area contributed by atoms with E-state index in [4.69, 9.17) is 21.1 Å². The van der Waals surface area contributed by atoms with Crippen LogP contribution in [0.25, 0.3) is 6.08 Å². The molecule has 0 atom stereocenters. The van der Waals surface area contributed by atoms with Crippen LogP contribution in [-0.4, -0.2) is 22.8 Å². The zero-order valence-corrected chi connectivity index (χ0v) is 14.8. The third-order valence-corrected chi connectivity index (χ3v) is 5.17. The number of benzene rings is 2. The molecule has 26 heavy (non-hydrogen) atoms. The topological polar surface area (TPSA) is 55.8 Å². The number of fused-ring (bicyclic) bond motifs is 1. The molecule has 8 heteroatoms. The standard InChI is InChI=1S/C18H11ClFNO4S/c19-13-7-15-14(24-9-25-15)6-11(13)8-21-17(22)16(26-18(21)23)5-10-1-3-12(20)4-2-10/h1-7H,8-9H2/b16-5+. The van der Waals surface area contributed by atoms with Crippen LogP contribution in [0.1, 0.15) is 11.1 Å². The average Bonchev–Trinajstić information content (AvgIpc) is 3.16. The third-order valence-electron chi connectivity index (χ3n) is 3.91. The lowest BCUT2D eigenvalue weighted by Gasteiger charge is -2.14. The monoisotopic (exact) mass is 391 g/mol. The van der Waals surface area contributed by atoms with Crippen LogP contribution in [0.15, 0.2) is 41.3 Å². The summed E-state index contributed by atoms with van der Waals surface area (Å²) in [6.45, 7) is 0.137. The first-order chi connectivity index (χ1) is 12.5. The van der Waals surface area contributed by atoms with Crippen LogP contribution < -0.4 is 9.47 Å². The minimum Gasteiger partial charge on any atom is -0.454 e. The summed E-state index contributed by atoms with van der Waals surface area (Å²) >= 11 is 7.06. The molecule has 0 N–H and O–H groups in total. The van der Waals surface area contributed by atoms with Gasteiger partial charge in [0.2, 0.25) is 6.79 Å². The lowest BCUT2D eigenvalue weighted by Crippen LogP contribution is -2.27. The molecule has 0 radical (unpaired) electrons. The summed E-state index contributed by atoms with van der Waals surface area (Å²) < 4.78 is 23.5. The number of halogens is 2. The fraction of sp³-hybridized carbons (Fsp3) is 0.111. The van der Waals surface area contributed by atoms with Crippen molar-refractivity contribution in [2.24, 2.45) is 0 Å². The van der Waals surface area contributed by atoms with Gasteiger partial charge in [0, 0.05) is 11.1 Å². The van der Waals surface area contributed by atoms with Crippen molar-refractivity contribution in [2.45, 2.75) is 6.54 Å². The van der Waals surface area contributed by atoms with Crippen molar-refractivity contribution in [3.05, 3.63) is 63.3 Å². The molecule has 2 aromatic carbocycles. The molecule has 0 aliphatic carbocycles. The van der Waals surface area contributed by atoms with Crippen molar-refractivity contribution in [1.82, 2.24) is 4.90 Å². The maximum absolute atomic E-state index is 13.0. The number of carbonyl (C=O) groups is 2. The molecule has 2 heterocycles. The van der Waals surface area contributed by atoms with E-state index >= 15 is 0 Å². The van der Waals surface area contributed by atoms with Crippen LogP contribution >= 0.6 is 23.4 Å². The Labute approximate surface area is 157 Å². The Hall–Kier alpha value is -2.51. The Balaban J connectivity index is 1.57. The molecule has 2 aromatic rings. The van der Waals surface area contributed by atoms with E-state index in [0.717, 1.165) is 16.7 Å². The van der Waals surface area contributed by atoms with E-state index in [9.17, 15) is 14.0 Å². The van der Waals surface area contributed by atoms with Gasteiger partial charge in [0.05, 0.1) is 11.4 Å². The van der Waals surface area contributed by atoms with Crippen LogP contribution in [0.2, 0.25) is 5.02 Å². The first-order valence-electron chi connectivity index (χ1n) is 7.60. The number of nitrogens with zero attached hydrogens (tertiary/aromatic N) is 1. The van der Waals surface area contributed by atoms with Crippen LogP contribution in [0.3, 0.4) is 0 Å². The first kappa shape index (κ1) is 16.9. The highest BCUT2D eigenvalue weighted by atomic mass is 35.5. The zero-order valence-electron chi connectivity index (χ0n) is 13.2. The molecule has 2 amide bonds. The molecule has 4 rings (SSSR count). The van der Waals surface area contributed by atoms with Gasteiger partial charge in [-0.25, -0.2) is 4.39 Å². The van der Waals surface area contributed by atoms with Gasteiger partial charge in [0.25, 0.3) is 11.1 Å². The molecular weight excluding hydrogens is 381 g/mol. The number of carbonyl (C=O) groups excluding carboxylic acids is 2. The number of thioether (sulfide) groups is 1. The molecule has 0 spiro atoms. The maximum atomic E-state index is 13.0. The normalized spacial score (nSPS) is 17.5. The van der Waals surface area contributed by atoms with E-state index in [2.05, 4.69) is 0 Å². The smallest absolute Gasteiger partial charge is 0.293 e. The molecule has 2 aliphatic heterocycles. The number of hydrogen-bond donors (Lipinski definition) is 0. The third kappa shape index (κ3) is 3.15. The summed E-state index contributed by atoms with van der Waals surface area (Å²) in [4.78, 5) is 26.2. The van der Waals surface area contributed by atoms with Gasteiger partial charge in [-0.05, 0) is 47.2 Å². The minimum absolute atomic E-state index is 0.0287. The van der Waals surface area contributed by atoms with Gasteiger partial charge in [-0.15, -0.1) is 0 Å². The molecule has 1 saturated heterocycles. The summed E-state index contributed by atoms with van der Waals surface area (Å²) in [5.74, 6) is 0.271. The van der Waals surface area contributed by atoms with Crippen LogP contribution in [0.4, 0.5) is 9.18 Å². The van der Waals surface area contributed by atoms with Gasteiger partial charge in [-0.1, -0.05) is 23.7 Å². The highest BCUT2D eigenvalue weighted by Crippen LogP contribution is 2.39. The van der Waals surface area contributed by atoms with E-state index < -0.39 is 11.1 Å². The Morgan fingerprint density at radius 3 is 2.58 bits per heavy atom. The van der Waals surface area contributed by atoms with E-state index in [-0.39, 0.29) is 24.1 Å². The van der Waals surface area contributed by atoms with Crippen molar-refractivity contribution in [3.8, 4) is 11.5 Å². The van der Waals surface area contributed by atoms with Crippen molar-refractivity contribution in [2.75, 3.05) is 6.79 Å². The van der Waals surface area contributed by atoms with E-state index in [0.29, 0.717) is 27.6 Å². The number of hydrogen-bond acceptors (Lipinski definition) is 5. The SMILES string of the molecule is O=C1S/C(=C/c2ccc(F)cc2)C(=O)N1Cc1cc2c(cc1Cl)OCO2. The summed E-state index contributed by atoms with van der Waals surface area (Å²) in [7, 11) is 0. The second-order valence-corrected chi connectivity index (χ2v) is 7.02.